The Morgan fingerprint density at radius 2 is 1.62 bits per heavy atom. The second kappa shape index (κ2) is 15.6. The van der Waals surface area contributed by atoms with Gasteiger partial charge in [0.2, 0.25) is 0 Å². The molecule has 0 spiro atoms. The van der Waals surface area contributed by atoms with E-state index in [2.05, 4.69) is 16.9 Å². The van der Waals surface area contributed by atoms with Crippen LogP contribution in [0.15, 0.2) is 18.5 Å². The van der Waals surface area contributed by atoms with Crippen LogP contribution in [-0.2, 0) is 17.1 Å². The van der Waals surface area contributed by atoms with Crippen LogP contribution in [0.1, 0.15) is 89.2 Å². The third kappa shape index (κ3) is 8.33. The predicted molar refractivity (Wildman–Crippen MR) is 142 cm³/mol. The molecule has 0 bridgehead atoms. The average molecular weight is 575 g/mol. The van der Waals surface area contributed by atoms with Crippen LogP contribution < -0.4 is 4.74 Å². The maximum absolute atomic E-state index is 15.4. The van der Waals surface area contributed by atoms with Crippen molar-refractivity contribution in [2.75, 3.05) is 19.8 Å². The largest absolute Gasteiger partial charge is 0.487 e. The topological polar surface area (TPSA) is 44.2 Å². The van der Waals surface area contributed by atoms with E-state index in [9.17, 15) is 8.78 Å². The number of benzene rings is 1. The minimum atomic E-state index is -3.50. The Labute approximate surface area is 232 Å². The summed E-state index contributed by atoms with van der Waals surface area (Å²) in [6.45, 7) is 4.62. The Kier molecular flexibility index (Phi) is 12.5. The Balaban J connectivity index is 1.61. The number of halogens is 6. The van der Waals surface area contributed by atoms with E-state index >= 15 is 17.6 Å². The monoisotopic (exact) mass is 574 g/mol. The summed E-state index contributed by atoms with van der Waals surface area (Å²) >= 11 is 0. The number of hydrogen-bond acceptors (Lipinski definition) is 4. The third-order valence-electron chi connectivity index (χ3n) is 7.37. The molecule has 40 heavy (non-hydrogen) atoms. The Hall–Kier alpha value is -2.36. The highest BCUT2D eigenvalue weighted by atomic mass is 19.3. The van der Waals surface area contributed by atoms with Crippen molar-refractivity contribution < 1.29 is 35.8 Å². The first kappa shape index (κ1) is 32.2. The number of rotatable bonds is 17. The summed E-state index contributed by atoms with van der Waals surface area (Å²) in [5.74, 6) is -7.81. The van der Waals surface area contributed by atoms with Gasteiger partial charge in [0.15, 0.2) is 29.4 Å². The van der Waals surface area contributed by atoms with Gasteiger partial charge in [-0.25, -0.2) is 36.3 Å². The fraction of sp³-hybridized carbons (Fsp3) is 0.667. The lowest BCUT2D eigenvalue weighted by Gasteiger charge is -2.34. The number of nitrogens with zero attached hydrogens (tertiary/aromatic N) is 2. The molecule has 0 fully saturated rings. The van der Waals surface area contributed by atoms with Crippen LogP contribution in [0.3, 0.4) is 0 Å². The van der Waals surface area contributed by atoms with Gasteiger partial charge in [-0.15, -0.1) is 0 Å². The van der Waals surface area contributed by atoms with Gasteiger partial charge in [0.05, 0.1) is 23.5 Å². The average Bonchev–Trinajstić information content (AvgIpc) is 2.93. The molecule has 3 rings (SSSR count). The van der Waals surface area contributed by atoms with Crippen molar-refractivity contribution in [3.63, 3.8) is 0 Å². The number of alkyl halides is 4. The van der Waals surface area contributed by atoms with E-state index in [0.29, 0.717) is 26.1 Å². The van der Waals surface area contributed by atoms with Crippen molar-refractivity contribution in [1.82, 2.24) is 9.97 Å². The summed E-state index contributed by atoms with van der Waals surface area (Å²) in [7, 11) is 0. The molecule has 10 heteroatoms. The molecule has 1 aromatic heterocycles. The molecule has 0 amide bonds. The summed E-state index contributed by atoms with van der Waals surface area (Å²) in [5.41, 5.74) is -1.19. The molecule has 0 saturated heterocycles. The lowest BCUT2D eigenvalue weighted by molar-refractivity contribution is -0.0823. The van der Waals surface area contributed by atoms with E-state index in [4.69, 9.17) is 9.47 Å². The molecule has 3 atom stereocenters. The number of aromatic nitrogens is 2. The van der Waals surface area contributed by atoms with E-state index in [-0.39, 0.29) is 48.4 Å². The zero-order valence-corrected chi connectivity index (χ0v) is 23.3. The third-order valence-corrected chi connectivity index (χ3v) is 7.37. The zero-order valence-electron chi connectivity index (χ0n) is 23.3. The van der Waals surface area contributed by atoms with Crippen molar-refractivity contribution in [1.29, 1.82) is 0 Å². The molecule has 2 aromatic rings. The Morgan fingerprint density at radius 1 is 0.925 bits per heavy atom. The van der Waals surface area contributed by atoms with E-state index in [1.165, 1.54) is 6.07 Å². The minimum absolute atomic E-state index is 0.0198. The molecule has 1 aliphatic carbocycles. The van der Waals surface area contributed by atoms with E-state index in [1.807, 2.05) is 0 Å². The van der Waals surface area contributed by atoms with Crippen LogP contribution in [0.25, 0.3) is 11.4 Å². The number of hydrogen-bond donors (Lipinski definition) is 0. The first-order valence-corrected chi connectivity index (χ1v) is 14.4. The summed E-state index contributed by atoms with van der Waals surface area (Å²) in [6.07, 6.45) is 5.21. The highest BCUT2D eigenvalue weighted by molar-refractivity contribution is 5.60. The molecule has 0 aliphatic heterocycles. The lowest BCUT2D eigenvalue weighted by atomic mass is 9.77. The van der Waals surface area contributed by atoms with Crippen molar-refractivity contribution in [3.05, 3.63) is 41.2 Å². The summed E-state index contributed by atoms with van der Waals surface area (Å²) < 4.78 is 99.0. The van der Waals surface area contributed by atoms with Crippen LogP contribution in [0.4, 0.5) is 26.3 Å². The maximum Gasteiger partial charge on any atom is 0.279 e. The normalized spacial score (nSPS) is 17.9. The van der Waals surface area contributed by atoms with Gasteiger partial charge in [-0.2, -0.15) is 0 Å². The highest BCUT2D eigenvalue weighted by Gasteiger charge is 2.48. The molecule has 3 unspecified atom stereocenters. The van der Waals surface area contributed by atoms with Gasteiger partial charge in [-0.1, -0.05) is 46.0 Å². The number of unbranched alkanes of at least 4 members (excludes halogenated alkanes) is 4. The molecule has 0 N–H and O–H groups in total. The summed E-state index contributed by atoms with van der Waals surface area (Å²) in [6, 6.07) is 1.18. The van der Waals surface area contributed by atoms with E-state index < -0.39 is 48.0 Å². The second-order valence-electron chi connectivity index (χ2n) is 10.5. The molecule has 0 radical (unpaired) electrons. The lowest BCUT2D eigenvalue weighted by Crippen LogP contribution is -2.33. The zero-order chi connectivity index (χ0) is 29.1. The van der Waals surface area contributed by atoms with Gasteiger partial charge >= 0.3 is 0 Å². The molecule has 1 aromatic carbocycles. The van der Waals surface area contributed by atoms with Crippen molar-refractivity contribution in [2.45, 2.75) is 103 Å². The molecule has 0 saturated carbocycles. The molecule has 224 valence electrons. The highest BCUT2D eigenvalue weighted by Crippen LogP contribution is 2.49. The van der Waals surface area contributed by atoms with Crippen LogP contribution in [0, 0.1) is 17.6 Å². The first-order chi connectivity index (χ1) is 19.2. The molecular formula is C30H40F6N2O2. The van der Waals surface area contributed by atoms with E-state index in [1.54, 1.807) is 6.92 Å². The fourth-order valence-corrected chi connectivity index (χ4v) is 5.03. The van der Waals surface area contributed by atoms with Crippen LogP contribution >= 0.6 is 0 Å². The summed E-state index contributed by atoms with van der Waals surface area (Å²) in [5, 5.41) is 0. The van der Waals surface area contributed by atoms with Gasteiger partial charge in [-0.05, 0) is 50.2 Å². The van der Waals surface area contributed by atoms with E-state index in [0.717, 1.165) is 44.5 Å². The SMILES string of the molecule is CCCCCOCCCCCC1CCc2cc(-c3ncc(OCC(F)C(F)CCC)cn3)c(F)c(F)c2C1(F)F. The van der Waals surface area contributed by atoms with Crippen LogP contribution in [0.5, 0.6) is 5.75 Å². The Bertz CT molecular complexity index is 1050. The standard InChI is InChI=1S/C30H40F6N2O2/c1-3-5-8-14-39-15-9-6-7-11-21-13-12-20-16-23(27(33)28(34)26(20)30(21,35)36)29-37-17-22(18-38-29)40-19-25(32)24(31)10-4-2/h16-18,21,24-25H,3-15,19H2,1-2H3. The molecule has 1 heterocycles. The number of fused-ring (bicyclic) bond motifs is 1. The maximum atomic E-state index is 15.4. The van der Waals surface area contributed by atoms with Crippen molar-refractivity contribution in [2.24, 2.45) is 5.92 Å². The van der Waals surface area contributed by atoms with Crippen molar-refractivity contribution in [3.8, 4) is 17.1 Å². The van der Waals surface area contributed by atoms with Gasteiger partial charge in [0, 0.05) is 19.1 Å². The van der Waals surface area contributed by atoms with Crippen molar-refractivity contribution >= 4 is 0 Å². The molecule has 4 nitrogen and oxygen atoms in total. The smallest absolute Gasteiger partial charge is 0.279 e. The predicted octanol–water partition coefficient (Wildman–Crippen LogP) is 8.70. The Morgan fingerprint density at radius 3 is 2.30 bits per heavy atom. The number of aryl methyl sites for hydroxylation is 1. The molecule has 1 aliphatic rings. The second-order valence-corrected chi connectivity index (χ2v) is 10.5. The van der Waals surface area contributed by atoms with Gasteiger partial charge < -0.3 is 9.47 Å². The number of ether oxygens (including phenoxy) is 2. The molecular weight excluding hydrogens is 534 g/mol. The first-order valence-electron chi connectivity index (χ1n) is 14.4. The van der Waals surface area contributed by atoms with Crippen LogP contribution in [0.2, 0.25) is 0 Å². The van der Waals surface area contributed by atoms with Gasteiger partial charge in [0.25, 0.3) is 5.92 Å². The summed E-state index contributed by atoms with van der Waals surface area (Å²) in [4.78, 5) is 7.88. The van der Waals surface area contributed by atoms with Gasteiger partial charge in [-0.3, -0.25) is 0 Å². The van der Waals surface area contributed by atoms with Gasteiger partial charge in [0.1, 0.15) is 12.8 Å². The fourth-order valence-electron chi connectivity index (χ4n) is 5.03. The van der Waals surface area contributed by atoms with Crippen LogP contribution in [-0.4, -0.2) is 42.1 Å². The minimum Gasteiger partial charge on any atom is -0.487 e. The quantitative estimate of drug-likeness (QED) is 0.140.